The van der Waals surface area contributed by atoms with E-state index in [2.05, 4.69) is 10.3 Å². The van der Waals surface area contributed by atoms with Crippen molar-refractivity contribution in [2.24, 2.45) is 4.99 Å². The number of nitrogens with one attached hydrogen (secondary N) is 1. The fourth-order valence-corrected chi connectivity index (χ4v) is 3.81. The molecule has 1 saturated heterocycles. The Morgan fingerprint density at radius 1 is 1.39 bits per heavy atom. The summed E-state index contributed by atoms with van der Waals surface area (Å²) in [6.07, 6.45) is 3.55. The van der Waals surface area contributed by atoms with Gasteiger partial charge in [0.1, 0.15) is 11.2 Å². The minimum atomic E-state index is -3.43. The van der Waals surface area contributed by atoms with Crippen LogP contribution in [0, 0.1) is 0 Å². The molecule has 2 heterocycles. The normalized spacial score (nSPS) is 25.1. The molecule has 0 aromatic heterocycles. The van der Waals surface area contributed by atoms with Gasteiger partial charge in [-0.15, -0.1) is 0 Å². The molecule has 1 N–H and O–H groups in total. The third-order valence-electron chi connectivity index (χ3n) is 3.34. The summed E-state index contributed by atoms with van der Waals surface area (Å²) in [5.41, 5.74) is 0.521. The molecule has 1 unspecified atom stereocenters. The van der Waals surface area contributed by atoms with Crippen LogP contribution < -0.4 is 5.32 Å². The van der Waals surface area contributed by atoms with Crippen LogP contribution in [0.1, 0.15) is 12.8 Å². The van der Waals surface area contributed by atoms with Crippen LogP contribution in [-0.4, -0.2) is 38.2 Å². The highest BCUT2D eigenvalue weighted by Crippen LogP contribution is 2.30. The number of para-hydroxylation sites is 1. The van der Waals surface area contributed by atoms with Crippen molar-refractivity contribution in [3.8, 4) is 0 Å². The number of rotatable bonds is 2. The van der Waals surface area contributed by atoms with Gasteiger partial charge >= 0.3 is 0 Å². The van der Waals surface area contributed by atoms with Crippen LogP contribution in [0.4, 0.5) is 5.69 Å². The molecule has 0 radical (unpaired) electrons. The lowest BCUT2D eigenvalue weighted by Gasteiger charge is -2.26. The van der Waals surface area contributed by atoms with Crippen LogP contribution in [0.3, 0.4) is 0 Å². The van der Waals surface area contributed by atoms with Gasteiger partial charge in [-0.25, -0.2) is 13.4 Å². The Labute approximate surface area is 107 Å². The molecule has 2 aliphatic heterocycles. The number of aliphatic imine (C=N–C) groups is 1. The number of sulfonamides is 1. The van der Waals surface area contributed by atoms with Crippen molar-refractivity contribution in [2.45, 2.75) is 23.8 Å². The zero-order valence-electron chi connectivity index (χ0n) is 9.91. The van der Waals surface area contributed by atoms with Gasteiger partial charge < -0.3 is 5.32 Å². The van der Waals surface area contributed by atoms with Crippen molar-refractivity contribution in [1.29, 1.82) is 0 Å². The molecule has 0 spiro atoms. The average Bonchev–Trinajstić information content (AvgIpc) is 2.86. The van der Waals surface area contributed by atoms with E-state index in [-0.39, 0.29) is 6.04 Å². The van der Waals surface area contributed by atoms with E-state index in [1.165, 1.54) is 10.6 Å². The van der Waals surface area contributed by atoms with Gasteiger partial charge in [-0.2, -0.15) is 0 Å². The SMILES string of the molecule is O=S1(=O)c2ccccc2N=CN1CC1CCCN1. The molecular formula is C12H15N3O2S. The molecule has 1 aromatic carbocycles. The van der Waals surface area contributed by atoms with E-state index in [9.17, 15) is 8.42 Å². The summed E-state index contributed by atoms with van der Waals surface area (Å²) in [6, 6.07) is 7.07. The fraction of sp³-hybridized carbons (Fsp3) is 0.417. The Morgan fingerprint density at radius 2 is 2.22 bits per heavy atom. The first-order chi connectivity index (χ1) is 8.68. The topological polar surface area (TPSA) is 61.8 Å². The highest BCUT2D eigenvalue weighted by atomic mass is 32.2. The summed E-state index contributed by atoms with van der Waals surface area (Å²) in [5.74, 6) is 0. The van der Waals surface area contributed by atoms with Crippen molar-refractivity contribution in [3.05, 3.63) is 24.3 Å². The lowest BCUT2D eigenvalue weighted by atomic mass is 10.2. The van der Waals surface area contributed by atoms with Crippen molar-refractivity contribution >= 4 is 22.0 Å². The molecule has 1 aromatic rings. The average molecular weight is 265 g/mol. The monoisotopic (exact) mass is 265 g/mol. The summed E-state index contributed by atoms with van der Waals surface area (Å²) >= 11 is 0. The van der Waals surface area contributed by atoms with Gasteiger partial charge in [0.25, 0.3) is 10.0 Å². The molecule has 0 aliphatic carbocycles. The second kappa shape index (κ2) is 4.37. The molecule has 5 nitrogen and oxygen atoms in total. The minimum Gasteiger partial charge on any atom is -0.312 e. The summed E-state index contributed by atoms with van der Waals surface area (Å²) in [6.45, 7) is 1.42. The molecule has 6 heteroatoms. The summed E-state index contributed by atoms with van der Waals surface area (Å²) in [5, 5.41) is 3.30. The Morgan fingerprint density at radius 3 is 3.00 bits per heavy atom. The molecule has 0 bridgehead atoms. The van der Waals surface area contributed by atoms with Crippen LogP contribution in [0.2, 0.25) is 0 Å². The molecule has 18 heavy (non-hydrogen) atoms. The van der Waals surface area contributed by atoms with Crippen LogP contribution in [0.25, 0.3) is 0 Å². The van der Waals surface area contributed by atoms with Crippen molar-refractivity contribution in [2.75, 3.05) is 13.1 Å². The summed E-state index contributed by atoms with van der Waals surface area (Å²) in [7, 11) is -3.43. The maximum Gasteiger partial charge on any atom is 0.267 e. The van der Waals surface area contributed by atoms with Gasteiger partial charge in [-0.3, -0.25) is 4.31 Å². The van der Waals surface area contributed by atoms with E-state index in [1.54, 1.807) is 24.3 Å². The van der Waals surface area contributed by atoms with Gasteiger partial charge in [0.2, 0.25) is 0 Å². The Balaban J connectivity index is 1.91. The van der Waals surface area contributed by atoms with E-state index in [4.69, 9.17) is 0 Å². The lowest BCUT2D eigenvalue weighted by Crippen LogP contribution is -2.41. The van der Waals surface area contributed by atoms with Gasteiger partial charge in [0.15, 0.2) is 0 Å². The maximum atomic E-state index is 12.4. The standard InChI is InChI=1S/C12H15N3O2S/c16-18(17)12-6-2-1-5-11(12)14-9-15(18)8-10-4-3-7-13-10/h1-2,5-6,9-10,13H,3-4,7-8H2. The van der Waals surface area contributed by atoms with Crippen LogP contribution >= 0.6 is 0 Å². The summed E-state index contributed by atoms with van der Waals surface area (Å²) in [4.78, 5) is 4.50. The van der Waals surface area contributed by atoms with Gasteiger partial charge in [-0.05, 0) is 31.5 Å². The Hall–Kier alpha value is -1.40. The molecule has 96 valence electrons. The largest absolute Gasteiger partial charge is 0.312 e. The maximum absolute atomic E-state index is 12.4. The van der Waals surface area contributed by atoms with Gasteiger partial charge in [0.05, 0.1) is 12.2 Å². The first-order valence-corrected chi connectivity index (χ1v) is 7.50. The number of hydrogen-bond donors (Lipinski definition) is 1. The third kappa shape index (κ3) is 1.91. The van der Waals surface area contributed by atoms with Crippen molar-refractivity contribution < 1.29 is 8.42 Å². The zero-order valence-corrected chi connectivity index (χ0v) is 10.7. The second-order valence-corrected chi connectivity index (χ2v) is 6.44. The van der Waals surface area contributed by atoms with Gasteiger partial charge in [-0.1, -0.05) is 12.1 Å². The van der Waals surface area contributed by atoms with E-state index in [1.807, 2.05) is 0 Å². The third-order valence-corrected chi connectivity index (χ3v) is 5.10. The predicted molar refractivity (Wildman–Crippen MR) is 69.5 cm³/mol. The lowest BCUT2D eigenvalue weighted by molar-refractivity contribution is 0.468. The van der Waals surface area contributed by atoms with E-state index < -0.39 is 10.0 Å². The number of benzene rings is 1. The van der Waals surface area contributed by atoms with Gasteiger partial charge in [0, 0.05) is 6.04 Å². The number of nitrogens with zero attached hydrogens (tertiary/aromatic N) is 2. The minimum absolute atomic E-state index is 0.233. The smallest absolute Gasteiger partial charge is 0.267 e. The summed E-state index contributed by atoms with van der Waals surface area (Å²) < 4.78 is 26.1. The van der Waals surface area contributed by atoms with E-state index >= 15 is 0 Å². The predicted octanol–water partition coefficient (Wildman–Crippen LogP) is 1.10. The zero-order chi connectivity index (χ0) is 12.6. The van der Waals surface area contributed by atoms with Crippen molar-refractivity contribution in [1.82, 2.24) is 9.62 Å². The van der Waals surface area contributed by atoms with E-state index in [0.717, 1.165) is 19.4 Å². The quantitative estimate of drug-likeness (QED) is 0.871. The molecule has 3 rings (SSSR count). The highest BCUT2D eigenvalue weighted by molar-refractivity contribution is 7.89. The first-order valence-electron chi connectivity index (χ1n) is 6.06. The van der Waals surface area contributed by atoms with Crippen LogP contribution in [0.15, 0.2) is 34.2 Å². The van der Waals surface area contributed by atoms with E-state index in [0.29, 0.717) is 17.1 Å². The van der Waals surface area contributed by atoms with Crippen LogP contribution in [-0.2, 0) is 10.0 Å². The molecule has 0 saturated carbocycles. The molecule has 0 amide bonds. The Bertz CT molecular complexity index is 577. The first kappa shape index (κ1) is 11.7. The molecule has 1 atom stereocenters. The second-order valence-electron chi connectivity index (χ2n) is 4.58. The molecule has 2 aliphatic rings. The van der Waals surface area contributed by atoms with Crippen LogP contribution in [0.5, 0.6) is 0 Å². The highest BCUT2D eigenvalue weighted by Gasteiger charge is 2.30. The molecule has 1 fully saturated rings. The number of hydrogen-bond acceptors (Lipinski definition) is 4. The van der Waals surface area contributed by atoms with Crippen molar-refractivity contribution in [3.63, 3.8) is 0 Å². The fourth-order valence-electron chi connectivity index (χ4n) is 2.37. The Kier molecular flexibility index (Phi) is 2.83. The molecular weight excluding hydrogens is 250 g/mol. The number of fused-ring (bicyclic) bond motifs is 1.